The second-order valence-electron chi connectivity index (χ2n) is 6.46. The molecule has 1 heterocycles. The molecule has 120 valence electrons. The topological polar surface area (TPSA) is 38.3 Å². The molecule has 0 spiro atoms. The van der Waals surface area contributed by atoms with Crippen molar-refractivity contribution in [2.75, 3.05) is 12.4 Å². The number of nitrogens with one attached hydrogen (secondary N) is 1. The molecular formula is C20H23NO2. The quantitative estimate of drug-likeness (QED) is 0.517. The summed E-state index contributed by atoms with van der Waals surface area (Å²) < 4.78 is 5.43. The predicted octanol–water partition coefficient (Wildman–Crippen LogP) is 4.18. The van der Waals surface area contributed by atoms with Crippen LogP contribution in [0.15, 0.2) is 30.0 Å². The number of rotatable bonds is 3. The third-order valence-corrected chi connectivity index (χ3v) is 4.11. The summed E-state index contributed by atoms with van der Waals surface area (Å²) >= 11 is 0. The number of carbonyl (C=O) groups is 1. The van der Waals surface area contributed by atoms with Crippen molar-refractivity contribution in [3.05, 3.63) is 46.7 Å². The number of amides is 1. The van der Waals surface area contributed by atoms with Crippen molar-refractivity contribution >= 4 is 17.2 Å². The summed E-state index contributed by atoms with van der Waals surface area (Å²) in [5.74, 6) is 6.27. The number of methoxy groups -OCH3 is 1. The van der Waals surface area contributed by atoms with E-state index >= 15 is 0 Å². The van der Waals surface area contributed by atoms with Gasteiger partial charge in [0, 0.05) is 11.3 Å². The van der Waals surface area contributed by atoms with Crippen molar-refractivity contribution in [1.29, 1.82) is 0 Å². The van der Waals surface area contributed by atoms with Crippen LogP contribution in [0.3, 0.4) is 0 Å². The van der Waals surface area contributed by atoms with E-state index in [1.54, 1.807) is 7.11 Å². The van der Waals surface area contributed by atoms with E-state index in [4.69, 9.17) is 4.74 Å². The highest BCUT2D eigenvalue weighted by Gasteiger charge is 2.27. The number of allylic oxidation sites excluding steroid dienone is 3. The number of anilines is 1. The third kappa shape index (κ3) is 3.17. The second-order valence-corrected chi connectivity index (χ2v) is 6.46. The molecule has 0 aliphatic carbocycles. The van der Waals surface area contributed by atoms with E-state index in [0.717, 1.165) is 39.3 Å². The fourth-order valence-corrected chi connectivity index (χ4v) is 2.87. The van der Waals surface area contributed by atoms with Crippen molar-refractivity contribution in [3.63, 3.8) is 0 Å². The molecule has 0 bridgehead atoms. The lowest BCUT2D eigenvalue weighted by molar-refractivity contribution is -0.111. The lowest BCUT2D eigenvalue weighted by Gasteiger charge is -2.24. The van der Waals surface area contributed by atoms with E-state index < -0.39 is 5.41 Å². The van der Waals surface area contributed by atoms with Gasteiger partial charge in [0.15, 0.2) is 0 Å². The maximum atomic E-state index is 11.8. The van der Waals surface area contributed by atoms with Gasteiger partial charge >= 0.3 is 0 Å². The monoisotopic (exact) mass is 309 g/mol. The Morgan fingerprint density at radius 1 is 1.30 bits per heavy atom. The number of aryl methyl sites for hydroxylation is 1. The zero-order chi connectivity index (χ0) is 17.4. The van der Waals surface area contributed by atoms with Gasteiger partial charge in [-0.3, -0.25) is 4.79 Å². The average molecular weight is 309 g/mol. The van der Waals surface area contributed by atoms with Crippen LogP contribution < -0.4 is 5.32 Å². The fourth-order valence-electron chi connectivity index (χ4n) is 2.87. The van der Waals surface area contributed by atoms with Gasteiger partial charge in [-0.2, -0.15) is 0 Å². The number of fused-ring (bicyclic) bond motifs is 1. The summed E-state index contributed by atoms with van der Waals surface area (Å²) in [6.07, 6.45) is 0. The summed E-state index contributed by atoms with van der Waals surface area (Å²) in [7, 11) is 1.66. The van der Waals surface area contributed by atoms with Crippen LogP contribution >= 0.6 is 0 Å². The van der Waals surface area contributed by atoms with Gasteiger partial charge in [0.1, 0.15) is 5.76 Å². The molecule has 1 aromatic rings. The molecule has 0 atom stereocenters. The number of hydrogen-bond acceptors (Lipinski definition) is 2. The minimum absolute atomic E-state index is 0.267. The zero-order valence-electron chi connectivity index (χ0n) is 14.7. The van der Waals surface area contributed by atoms with Crippen molar-refractivity contribution in [1.82, 2.24) is 0 Å². The van der Waals surface area contributed by atoms with Crippen LogP contribution in [0.1, 0.15) is 44.4 Å². The van der Waals surface area contributed by atoms with Crippen molar-refractivity contribution in [3.8, 4) is 11.8 Å². The highest BCUT2D eigenvalue weighted by molar-refractivity contribution is 6.06. The van der Waals surface area contributed by atoms with Crippen LogP contribution in [-0.4, -0.2) is 13.0 Å². The Labute approximate surface area is 138 Å². The first kappa shape index (κ1) is 16.9. The summed E-state index contributed by atoms with van der Waals surface area (Å²) in [6.45, 7) is 14.0. The van der Waals surface area contributed by atoms with Crippen LogP contribution in [0.5, 0.6) is 0 Å². The molecule has 0 saturated carbocycles. The van der Waals surface area contributed by atoms with E-state index in [9.17, 15) is 4.79 Å². The van der Waals surface area contributed by atoms with Gasteiger partial charge in [-0.05, 0) is 74.9 Å². The Bertz CT molecular complexity index is 786. The summed E-state index contributed by atoms with van der Waals surface area (Å²) in [5.41, 5.74) is 5.36. The minimum Gasteiger partial charge on any atom is -0.501 e. The lowest BCUT2D eigenvalue weighted by Crippen LogP contribution is -2.17. The average Bonchev–Trinajstić information content (AvgIpc) is 2.57. The van der Waals surface area contributed by atoms with Gasteiger partial charge in [-0.1, -0.05) is 12.5 Å². The van der Waals surface area contributed by atoms with Crippen molar-refractivity contribution in [2.45, 2.75) is 40.0 Å². The van der Waals surface area contributed by atoms with Gasteiger partial charge in [0.2, 0.25) is 0 Å². The summed E-state index contributed by atoms with van der Waals surface area (Å²) in [5, 5.41) is 2.90. The van der Waals surface area contributed by atoms with E-state index in [1.807, 2.05) is 40.7 Å². The van der Waals surface area contributed by atoms with E-state index in [1.165, 1.54) is 0 Å². The zero-order valence-corrected chi connectivity index (χ0v) is 14.7. The highest BCUT2D eigenvalue weighted by Crippen LogP contribution is 2.38. The second kappa shape index (κ2) is 5.96. The molecule has 1 aliphatic rings. The molecular weight excluding hydrogens is 286 g/mol. The minimum atomic E-state index is -0.420. The first-order chi connectivity index (χ1) is 10.7. The van der Waals surface area contributed by atoms with Crippen LogP contribution in [0.25, 0.3) is 5.57 Å². The molecule has 23 heavy (non-hydrogen) atoms. The summed E-state index contributed by atoms with van der Waals surface area (Å²) in [4.78, 5) is 11.8. The normalized spacial score (nSPS) is 16.2. The SMILES string of the molecule is C=C(C)/C(=C(/C)OC)c1cc(C)c2c(c1)C(C)(C)C#CC(=O)N2. The number of benzene rings is 1. The van der Waals surface area contributed by atoms with Gasteiger partial charge in [0.05, 0.1) is 12.5 Å². The Hall–Kier alpha value is -2.47. The van der Waals surface area contributed by atoms with Gasteiger partial charge in [0.25, 0.3) is 5.91 Å². The Morgan fingerprint density at radius 3 is 2.52 bits per heavy atom. The smallest absolute Gasteiger partial charge is 0.300 e. The molecule has 1 aliphatic heterocycles. The largest absolute Gasteiger partial charge is 0.501 e. The Morgan fingerprint density at radius 2 is 1.96 bits per heavy atom. The van der Waals surface area contributed by atoms with Crippen molar-refractivity contribution in [2.24, 2.45) is 0 Å². The van der Waals surface area contributed by atoms with E-state index in [-0.39, 0.29) is 5.91 Å². The maximum Gasteiger partial charge on any atom is 0.300 e. The molecule has 3 nitrogen and oxygen atoms in total. The maximum absolute atomic E-state index is 11.8. The predicted molar refractivity (Wildman–Crippen MR) is 95.0 cm³/mol. The Balaban J connectivity index is 2.77. The van der Waals surface area contributed by atoms with Gasteiger partial charge in [-0.15, -0.1) is 0 Å². The van der Waals surface area contributed by atoms with Crippen LogP contribution in [0.4, 0.5) is 5.69 Å². The molecule has 1 amide bonds. The molecule has 0 aromatic heterocycles. The van der Waals surface area contributed by atoms with Crippen LogP contribution in [0.2, 0.25) is 0 Å². The fraction of sp³-hybridized carbons (Fsp3) is 0.350. The molecule has 0 fully saturated rings. The molecule has 0 saturated heterocycles. The third-order valence-electron chi connectivity index (χ3n) is 4.11. The number of carbonyl (C=O) groups excluding carboxylic acids is 1. The molecule has 1 N–H and O–H groups in total. The molecule has 0 radical (unpaired) electrons. The standard InChI is InChI=1S/C20H23NO2/c1-12(2)18(14(4)23-7)15-10-13(3)19-16(11-15)20(5,6)9-8-17(22)21-19/h10-11H,1H2,2-7H3,(H,21,22)/b18-14+. The number of ether oxygens (including phenoxy) is 1. The van der Waals surface area contributed by atoms with Gasteiger partial charge < -0.3 is 10.1 Å². The van der Waals surface area contributed by atoms with Crippen LogP contribution in [-0.2, 0) is 14.9 Å². The highest BCUT2D eigenvalue weighted by atomic mass is 16.5. The Kier molecular flexibility index (Phi) is 4.38. The summed E-state index contributed by atoms with van der Waals surface area (Å²) in [6, 6.07) is 4.13. The number of hydrogen-bond donors (Lipinski definition) is 1. The van der Waals surface area contributed by atoms with E-state index in [0.29, 0.717) is 0 Å². The first-order valence-electron chi connectivity index (χ1n) is 7.57. The van der Waals surface area contributed by atoms with Crippen molar-refractivity contribution < 1.29 is 9.53 Å². The molecule has 3 heteroatoms. The van der Waals surface area contributed by atoms with Gasteiger partial charge in [-0.25, -0.2) is 0 Å². The molecule has 0 unspecified atom stereocenters. The molecule has 1 aromatic carbocycles. The van der Waals surface area contributed by atoms with E-state index in [2.05, 4.69) is 29.8 Å². The molecule has 2 rings (SSSR count). The first-order valence-corrected chi connectivity index (χ1v) is 7.57. The lowest BCUT2D eigenvalue weighted by atomic mass is 9.81. The van der Waals surface area contributed by atoms with Crippen LogP contribution in [0, 0.1) is 18.8 Å².